The first kappa shape index (κ1) is 15.2. The summed E-state index contributed by atoms with van der Waals surface area (Å²) in [6, 6.07) is 0. The first-order valence-electron chi connectivity index (χ1n) is 7.82. The molecular weight excluding hydrogens is 288 g/mol. The topological polar surface area (TPSA) is 52.6 Å². The molecule has 0 aromatic carbocycles. The van der Waals surface area contributed by atoms with Crippen LogP contribution < -0.4 is 0 Å². The summed E-state index contributed by atoms with van der Waals surface area (Å²) in [6.45, 7) is 10.9. The second-order valence-electron chi connectivity index (χ2n) is 7.46. The van der Waals surface area contributed by atoms with E-state index < -0.39 is 0 Å². The first-order chi connectivity index (χ1) is 9.77. The molecule has 118 valence electrons. The zero-order chi connectivity index (χ0) is 15.5. The third-order valence-electron chi connectivity index (χ3n) is 5.12. The Morgan fingerprint density at radius 3 is 2.62 bits per heavy atom. The van der Waals surface area contributed by atoms with Crippen LogP contribution in [0.3, 0.4) is 0 Å². The number of rotatable bonds is 4. The normalized spacial score (nSPS) is 43.8. The van der Waals surface area contributed by atoms with E-state index in [1.165, 1.54) is 0 Å². The molecule has 6 unspecified atom stereocenters. The largest absolute Gasteiger partial charge is 0.465 e. The summed E-state index contributed by atoms with van der Waals surface area (Å²) in [5, 5.41) is 0.131. The molecule has 0 radical (unpaired) electrons. The third-order valence-corrected chi connectivity index (χ3v) is 6.99. The fourth-order valence-corrected chi connectivity index (χ4v) is 6.80. The predicted molar refractivity (Wildman–Crippen MR) is 80.8 cm³/mol. The highest BCUT2D eigenvalue weighted by atomic mass is 32.2. The molecule has 3 fully saturated rings. The predicted octanol–water partition coefficient (Wildman–Crippen LogP) is 2.50. The van der Waals surface area contributed by atoms with Gasteiger partial charge < -0.3 is 9.47 Å². The Balaban J connectivity index is 1.89. The average Bonchev–Trinajstić information content (AvgIpc) is 2.90. The lowest BCUT2D eigenvalue weighted by atomic mass is 9.63. The number of fused-ring (bicyclic) bond motifs is 1. The van der Waals surface area contributed by atoms with Gasteiger partial charge in [0.25, 0.3) is 0 Å². The van der Waals surface area contributed by atoms with E-state index in [9.17, 15) is 9.59 Å². The van der Waals surface area contributed by atoms with Gasteiger partial charge in [-0.2, -0.15) is 0 Å². The summed E-state index contributed by atoms with van der Waals surface area (Å²) < 4.78 is 10.8. The molecule has 0 spiro atoms. The van der Waals surface area contributed by atoms with Crippen LogP contribution in [0.25, 0.3) is 0 Å². The molecule has 0 saturated carbocycles. The molecule has 21 heavy (non-hydrogen) atoms. The molecule has 4 nitrogen and oxygen atoms in total. The molecule has 3 aliphatic rings. The molecular formula is C16H24O4S. The highest BCUT2D eigenvalue weighted by Gasteiger charge is 2.75. The van der Waals surface area contributed by atoms with Gasteiger partial charge in [-0.25, -0.2) is 0 Å². The van der Waals surface area contributed by atoms with E-state index in [1.807, 2.05) is 13.8 Å². The van der Waals surface area contributed by atoms with E-state index in [2.05, 4.69) is 20.8 Å². The minimum atomic E-state index is -0.318. The van der Waals surface area contributed by atoms with Gasteiger partial charge in [0.1, 0.15) is 12.0 Å². The molecule has 0 aliphatic carbocycles. The monoisotopic (exact) mass is 312 g/mol. The van der Waals surface area contributed by atoms with Crippen molar-refractivity contribution in [2.24, 2.45) is 29.6 Å². The molecule has 2 bridgehead atoms. The summed E-state index contributed by atoms with van der Waals surface area (Å²) in [7, 11) is 0. The molecule has 6 atom stereocenters. The molecule has 3 saturated heterocycles. The van der Waals surface area contributed by atoms with Crippen LogP contribution in [-0.4, -0.2) is 34.6 Å². The zero-order valence-corrected chi connectivity index (χ0v) is 14.1. The van der Waals surface area contributed by atoms with E-state index in [0.717, 1.165) is 0 Å². The van der Waals surface area contributed by atoms with Gasteiger partial charge in [0.05, 0.1) is 17.8 Å². The average molecular weight is 312 g/mol. The second-order valence-corrected chi connectivity index (χ2v) is 9.12. The highest BCUT2D eigenvalue weighted by molar-refractivity contribution is 8.02. The van der Waals surface area contributed by atoms with E-state index in [0.29, 0.717) is 18.4 Å². The van der Waals surface area contributed by atoms with Crippen molar-refractivity contribution in [1.29, 1.82) is 0 Å². The number of carbonyl (C=O) groups excluding carboxylic acids is 2. The lowest BCUT2D eigenvalue weighted by Gasteiger charge is -2.39. The van der Waals surface area contributed by atoms with Crippen molar-refractivity contribution in [3.8, 4) is 0 Å². The van der Waals surface area contributed by atoms with Crippen LogP contribution >= 0.6 is 11.8 Å². The minimum Gasteiger partial charge on any atom is -0.465 e. The molecule has 0 aromatic rings. The fourth-order valence-electron chi connectivity index (χ4n) is 4.49. The summed E-state index contributed by atoms with van der Waals surface area (Å²) in [5.74, 6) is 0.192. The third kappa shape index (κ3) is 2.03. The molecule has 3 aliphatic heterocycles. The Morgan fingerprint density at radius 2 is 2.05 bits per heavy atom. The van der Waals surface area contributed by atoms with Crippen LogP contribution in [0, 0.1) is 29.6 Å². The number of esters is 2. The summed E-state index contributed by atoms with van der Waals surface area (Å²) in [4.78, 5) is 24.8. The molecule has 5 heteroatoms. The zero-order valence-electron chi connectivity index (χ0n) is 13.3. The van der Waals surface area contributed by atoms with Crippen LogP contribution in [0.1, 0.15) is 34.6 Å². The molecule has 0 N–H and O–H groups in total. The van der Waals surface area contributed by atoms with Crippen molar-refractivity contribution in [3.63, 3.8) is 0 Å². The molecule has 3 rings (SSSR count). The minimum absolute atomic E-state index is 0.0425. The Bertz CT molecular complexity index is 475. The Hall–Kier alpha value is -0.710. The van der Waals surface area contributed by atoms with E-state index in [4.69, 9.17) is 9.47 Å². The van der Waals surface area contributed by atoms with Gasteiger partial charge in [0, 0.05) is 4.75 Å². The van der Waals surface area contributed by atoms with Gasteiger partial charge in [-0.15, -0.1) is 11.8 Å². The summed E-state index contributed by atoms with van der Waals surface area (Å²) in [5.41, 5.74) is 0. The fraction of sp³-hybridized carbons (Fsp3) is 0.875. The van der Waals surface area contributed by atoms with Crippen molar-refractivity contribution in [3.05, 3.63) is 0 Å². The van der Waals surface area contributed by atoms with Crippen molar-refractivity contribution in [2.75, 3.05) is 6.61 Å². The first-order valence-corrected chi connectivity index (χ1v) is 8.70. The second kappa shape index (κ2) is 4.90. The van der Waals surface area contributed by atoms with Crippen LogP contribution in [0.5, 0.6) is 0 Å². The van der Waals surface area contributed by atoms with E-state index in [1.54, 1.807) is 11.8 Å². The smallest absolute Gasteiger partial charge is 0.314 e. The maximum absolute atomic E-state index is 12.6. The molecule has 3 heterocycles. The van der Waals surface area contributed by atoms with Crippen LogP contribution in [0.4, 0.5) is 0 Å². The van der Waals surface area contributed by atoms with Gasteiger partial charge in [-0.3, -0.25) is 9.59 Å². The lowest BCUT2D eigenvalue weighted by Crippen LogP contribution is -2.51. The van der Waals surface area contributed by atoms with E-state index in [-0.39, 0.29) is 45.8 Å². The number of ether oxygens (including phenoxy) is 2. The van der Waals surface area contributed by atoms with Crippen molar-refractivity contribution in [2.45, 2.75) is 50.7 Å². The summed E-state index contributed by atoms with van der Waals surface area (Å²) in [6.07, 6.45) is -0.285. The standard InChI is InChI=1S/C16H24O4S/c1-7(2)6-19-15(18)11-12-13-9(14(17)20-12)10(8(3)4)16(11,5)21-13/h7-13H,6H2,1-5H3. The van der Waals surface area contributed by atoms with Gasteiger partial charge in [0.15, 0.2) is 0 Å². The SMILES string of the molecule is CC(C)COC(=O)C1C2OC(=O)C3C2SC1(C)C3C(C)C. The Labute approximate surface area is 130 Å². The maximum Gasteiger partial charge on any atom is 0.314 e. The number of carbonyl (C=O) groups is 2. The highest BCUT2D eigenvalue weighted by Crippen LogP contribution is 2.68. The van der Waals surface area contributed by atoms with Gasteiger partial charge in [0.2, 0.25) is 0 Å². The number of thioether (sulfide) groups is 1. The summed E-state index contributed by atoms with van der Waals surface area (Å²) >= 11 is 1.78. The Morgan fingerprint density at radius 1 is 1.38 bits per heavy atom. The molecule has 0 amide bonds. The van der Waals surface area contributed by atoms with Crippen molar-refractivity contribution in [1.82, 2.24) is 0 Å². The van der Waals surface area contributed by atoms with Crippen LogP contribution in [-0.2, 0) is 19.1 Å². The maximum atomic E-state index is 12.6. The van der Waals surface area contributed by atoms with Gasteiger partial charge in [-0.1, -0.05) is 27.7 Å². The van der Waals surface area contributed by atoms with E-state index >= 15 is 0 Å². The quantitative estimate of drug-likeness (QED) is 0.747. The van der Waals surface area contributed by atoms with Crippen LogP contribution in [0.15, 0.2) is 0 Å². The Kier molecular flexibility index (Phi) is 3.55. The number of hydrogen-bond acceptors (Lipinski definition) is 5. The van der Waals surface area contributed by atoms with Crippen molar-refractivity contribution < 1.29 is 19.1 Å². The van der Waals surface area contributed by atoms with Crippen LogP contribution in [0.2, 0.25) is 0 Å². The van der Waals surface area contributed by atoms with Gasteiger partial charge >= 0.3 is 11.9 Å². The molecule has 0 aromatic heterocycles. The van der Waals surface area contributed by atoms with Crippen molar-refractivity contribution >= 4 is 23.7 Å². The number of hydrogen-bond donors (Lipinski definition) is 0. The van der Waals surface area contributed by atoms with Gasteiger partial charge in [-0.05, 0) is 24.7 Å². The lowest BCUT2D eigenvalue weighted by molar-refractivity contribution is -0.157.